The maximum atomic E-state index is 12.8. The lowest BCUT2D eigenvalue weighted by Gasteiger charge is -2.26. The molecule has 7 nitrogen and oxygen atoms in total. The highest BCUT2D eigenvalue weighted by molar-refractivity contribution is 7.89. The standard InChI is InChI=1S/C19H28N2O5S/c1-3-7-15(19(23)24)13-20-18(22)17-12-16(9-8-14(17)2)27(25,26)21-10-5-4-6-11-21/h8-9,12,15H,3-7,10-11,13H2,1-2H3,(H,20,22)(H,23,24). The summed E-state index contributed by atoms with van der Waals surface area (Å²) in [6.45, 7) is 4.62. The van der Waals surface area contributed by atoms with Gasteiger partial charge in [0.2, 0.25) is 10.0 Å². The number of amides is 1. The number of aliphatic carboxylic acids is 1. The lowest BCUT2D eigenvalue weighted by molar-refractivity contribution is -0.141. The van der Waals surface area contributed by atoms with Gasteiger partial charge in [-0.15, -0.1) is 0 Å². The molecule has 1 aliphatic rings. The molecule has 0 saturated carbocycles. The summed E-state index contributed by atoms with van der Waals surface area (Å²) in [4.78, 5) is 23.9. The number of aryl methyl sites for hydroxylation is 1. The number of hydrogen-bond donors (Lipinski definition) is 2. The van der Waals surface area contributed by atoms with E-state index in [1.54, 1.807) is 13.0 Å². The molecular weight excluding hydrogens is 368 g/mol. The molecule has 1 heterocycles. The Kier molecular flexibility index (Phi) is 7.38. The Morgan fingerprint density at radius 3 is 2.48 bits per heavy atom. The summed E-state index contributed by atoms with van der Waals surface area (Å²) in [5.41, 5.74) is 0.904. The van der Waals surface area contributed by atoms with Crippen LogP contribution in [0.2, 0.25) is 0 Å². The van der Waals surface area contributed by atoms with E-state index in [9.17, 15) is 23.1 Å². The van der Waals surface area contributed by atoms with E-state index in [1.165, 1.54) is 16.4 Å². The van der Waals surface area contributed by atoms with Gasteiger partial charge >= 0.3 is 5.97 Å². The number of nitrogens with zero attached hydrogens (tertiary/aromatic N) is 1. The zero-order valence-corrected chi connectivity index (χ0v) is 16.7. The zero-order chi connectivity index (χ0) is 20.0. The number of benzene rings is 1. The third-order valence-corrected chi connectivity index (χ3v) is 6.80. The normalized spacial score (nSPS) is 16.7. The largest absolute Gasteiger partial charge is 0.481 e. The second-order valence-corrected chi connectivity index (χ2v) is 8.91. The van der Waals surface area contributed by atoms with Crippen molar-refractivity contribution in [3.63, 3.8) is 0 Å². The molecule has 1 unspecified atom stereocenters. The molecule has 1 aliphatic heterocycles. The predicted molar refractivity (Wildman–Crippen MR) is 102 cm³/mol. The van der Waals surface area contributed by atoms with Gasteiger partial charge in [-0.2, -0.15) is 4.31 Å². The molecule has 2 rings (SSSR count). The van der Waals surface area contributed by atoms with Gasteiger partial charge in [0.25, 0.3) is 5.91 Å². The minimum atomic E-state index is -3.63. The van der Waals surface area contributed by atoms with Crippen LogP contribution in [0.25, 0.3) is 0 Å². The lowest BCUT2D eigenvalue weighted by atomic mass is 10.0. The van der Waals surface area contributed by atoms with Crippen LogP contribution in [-0.4, -0.2) is 49.3 Å². The molecular formula is C19H28N2O5S. The molecule has 8 heteroatoms. The van der Waals surface area contributed by atoms with Crippen LogP contribution in [0.1, 0.15) is 54.9 Å². The third-order valence-electron chi connectivity index (χ3n) is 4.90. The number of sulfonamides is 1. The van der Waals surface area contributed by atoms with Crippen LogP contribution in [0.3, 0.4) is 0 Å². The van der Waals surface area contributed by atoms with E-state index in [0.29, 0.717) is 31.5 Å². The van der Waals surface area contributed by atoms with E-state index in [-0.39, 0.29) is 17.0 Å². The maximum Gasteiger partial charge on any atom is 0.308 e. The number of carboxylic acids is 1. The van der Waals surface area contributed by atoms with Crippen molar-refractivity contribution in [2.45, 2.75) is 50.8 Å². The topological polar surface area (TPSA) is 104 Å². The molecule has 1 aromatic rings. The fraction of sp³-hybridized carbons (Fsp3) is 0.579. The van der Waals surface area contributed by atoms with Crippen molar-refractivity contribution in [2.24, 2.45) is 5.92 Å². The molecule has 0 radical (unpaired) electrons. The first-order chi connectivity index (χ1) is 12.8. The molecule has 150 valence electrons. The molecule has 1 atom stereocenters. The fourth-order valence-corrected chi connectivity index (χ4v) is 4.78. The number of hydrogen-bond acceptors (Lipinski definition) is 4. The first kappa shape index (κ1) is 21.4. The molecule has 1 fully saturated rings. The van der Waals surface area contributed by atoms with Gasteiger partial charge in [0, 0.05) is 25.2 Å². The molecule has 0 aliphatic carbocycles. The van der Waals surface area contributed by atoms with Crippen molar-refractivity contribution < 1.29 is 23.1 Å². The van der Waals surface area contributed by atoms with Crippen molar-refractivity contribution >= 4 is 21.9 Å². The van der Waals surface area contributed by atoms with E-state index in [1.807, 2.05) is 6.92 Å². The van der Waals surface area contributed by atoms with Crippen molar-refractivity contribution in [1.82, 2.24) is 9.62 Å². The quantitative estimate of drug-likeness (QED) is 0.702. The van der Waals surface area contributed by atoms with E-state index in [0.717, 1.165) is 19.3 Å². The van der Waals surface area contributed by atoms with E-state index in [4.69, 9.17) is 0 Å². The first-order valence-corrected chi connectivity index (χ1v) is 10.8. The molecule has 1 saturated heterocycles. The van der Waals surface area contributed by atoms with Crippen molar-refractivity contribution in [3.05, 3.63) is 29.3 Å². The second kappa shape index (κ2) is 9.32. The van der Waals surface area contributed by atoms with Crippen LogP contribution >= 0.6 is 0 Å². The third kappa shape index (κ3) is 5.29. The average Bonchev–Trinajstić information content (AvgIpc) is 2.65. The molecule has 27 heavy (non-hydrogen) atoms. The van der Waals surface area contributed by atoms with Crippen LogP contribution in [0.5, 0.6) is 0 Å². The van der Waals surface area contributed by atoms with Gasteiger partial charge < -0.3 is 10.4 Å². The van der Waals surface area contributed by atoms with Crippen molar-refractivity contribution in [3.8, 4) is 0 Å². The fourth-order valence-electron chi connectivity index (χ4n) is 3.23. The Hall–Kier alpha value is -1.93. The molecule has 0 spiro atoms. The average molecular weight is 397 g/mol. The number of nitrogens with one attached hydrogen (secondary N) is 1. The summed E-state index contributed by atoms with van der Waals surface area (Å²) in [5.74, 6) is -2.06. The summed E-state index contributed by atoms with van der Waals surface area (Å²) in [5, 5.41) is 11.8. The Labute approximate surface area is 160 Å². The van der Waals surface area contributed by atoms with Crippen molar-refractivity contribution in [2.75, 3.05) is 19.6 Å². The van der Waals surface area contributed by atoms with Gasteiger partial charge in [-0.3, -0.25) is 9.59 Å². The molecule has 1 aromatic carbocycles. The minimum Gasteiger partial charge on any atom is -0.481 e. The smallest absolute Gasteiger partial charge is 0.308 e. The highest BCUT2D eigenvalue weighted by Crippen LogP contribution is 2.23. The maximum absolute atomic E-state index is 12.8. The van der Waals surface area contributed by atoms with Crippen LogP contribution in [0, 0.1) is 12.8 Å². The lowest BCUT2D eigenvalue weighted by Crippen LogP contribution is -2.36. The number of rotatable bonds is 8. The summed E-state index contributed by atoms with van der Waals surface area (Å²) in [6, 6.07) is 4.53. The van der Waals surface area contributed by atoms with Gasteiger partial charge in [0.05, 0.1) is 10.8 Å². The van der Waals surface area contributed by atoms with Gasteiger partial charge in [-0.05, 0) is 43.9 Å². The second-order valence-electron chi connectivity index (χ2n) is 6.98. The molecule has 0 aromatic heterocycles. The van der Waals surface area contributed by atoms with Crippen LogP contribution < -0.4 is 5.32 Å². The number of carbonyl (C=O) groups excluding carboxylic acids is 1. The Morgan fingerprint density at radius 2 is 1.89 bits per heavy atom. The Balaban J connectivity index is 2.18. The SMILES string of the molecule is CCCC(CNC(=O)c1cc(S(=O)(=O)N2CCCCC2)ccc1C)C(=O)O. The van der Waals surface area contributed by atoms with Crippen LogP contribution in [0.4, 0.5) is 0 Å². The number of carbonyl (C=O) groups is 2. The number of piperidine rings is 1. The first-order valence-electron chi connectivity index (χ1n) is 9.39. The van der Waals surface area contributed by atoms with Gasteiger partial charge in [-0.25, -0.2) is 8.42 Å². The monoisotopic (exact) mass is 396 g/mol. The van der Waals surface area contributed by atoms with Crippen LogP contribution in [0.15, 0.2) is 23.1 Å². The minimum absolute atomic E-state index is 0.0184. The summed E-state index contributed by atoms with van der Waals surface area (Å²) < 4.78 is 27.1. The summed E-state index contributed by atoms with van der Waals surface area (Å²) in [6.07, 6.45) is 3.88. The van der Waals surface area contributed by atoms with E-state index in [2.05, 4.69) is 5.32 Å². The predicted octanol–water partition coefficient (Wildman–Crippen LogP) is 2.40. The summed E-state index contributed by atoms with van der Waals surface area (Å²) >= 11 is 0. The Morgan fingerprint density at radius 1 is 1.22 bits per heavy atom. The Bertz CT molecular complexity index is 785. The summed E-state index contributed by atoms with van der Waals surface area (Å²) in [7, 11) is -3.63. The zero-order valence-electron chi connectivity index (χ0n) is 15.9. The highest BCUT2D eigenvalue weighted by Gasteiger charge is 2.27. The van der Waals surface area contributed by atoms with Crippen LogP contribution in [-0.2, 0) is 14.8 Å². The van der Waals surface area contributed by atoms with Gasteiger partial charge in [-0.1, -0.05) is 25.8 Å². The molecule has 1 amide bonds. The van der Waals surface area contributed by atoms with Gasteiger partial charge in [0.1, 0.15) is 0 Å². The van der Waals surface area contributed by atoms with E-state index >= 15 is 0 Å². The highest BCUT2D eigenvalue weighted by atomic mass is 32.2. The molecule has 0 bridgehead atoms. The van der Waals surface area contributed by atoms with E-state index < -0.39 is 27.8 Å². The van der Waals surface area contributed by atoms with Crippen molar-refractivity contribution in [1.29, 1.82) is 0 Å². The van der Waals surface area contributed by atoms with Gasteiger partial charge in [0.15, 0.2) is 0 Å². The molecule has 2 N–H and O–H groups in total. The number of carboxylic acid groups (broad SMARTS) is 1.